The van der Waals surface area contributed by atoms with Crippen LogP contribution < -0.4 is 15.6 Å². The molecular weight excluding hydrogens is 384 g/mol. The predicted molar refractivity (Wildman–Crippen MR) is 117 cm³/mol. The van der Waals surface area contributed by atoms with E-state index in [1.54, 1.807) is 0 Å². The monoisotopic (exact) mass is 408 g/mol. The molecule has 1 fully saturated rings. The Hall–Kier alpha value is -1.81. The van der Waals surface area contributed by atoms with E-state index in [4.69, 9.17) is 12.3 Å². The molecule has 1 saturated heterocycles. The van der Waals surface area contributed by atoms with E-state index in [-0.39, 0.29) is 0 Å². The molecule has 27 heavy (non-hydrogen) atoms. The summed E-state index contributed by atoms with van der Waals surface area (Å²) in [6.45, 7) is 6.31. The van der Waals surface area contributed by atoms with Crippen LogP contribution in [0.3, 0.4) is 0 Å². The van der Waals surface area contributed by atoms with Gasteiger partial charge in [0.2, 0.25) is 0 Å². The van der Waals surface area contributed by atoms with Gasteiger partial charge in [0, 0.05) is 0 Å². The molecule has 1 atom stereocenters. The van der Waals surface area contributed by atoms with Crippen LogP contribution in [0.5, 0.6) is 0 Å². The first-order chi connectivity index (χ1) is 13.1. The van der Waals surface area contributed by atoms with Crippen molar-refractivity contribution < 1.29 is 12.3 Å². The quantitative estimate of drug-likeness (QED) is 0.613. The lowest BCUT2D eigenvalue weighted by atomic mass is 10.2. The fraction of sp³-hybridized carbons (Fsp3) is 0.143. The summed E-state index contributed by atoms with van der Waals surface area (Å²) in [6.07, 6.45) is 0. The molecule has 0 amide bonds. The van der Waals surface area contributed by atoms with Gasteiger partial charge in [0.25, 0.3) is 10.0 Å². The van der Waals surface area contributed by atoms with Gasteiger partial charge < -0.3 is 12.3 Å². The summed E-state index contributed by atoms with van der Waals surface area (Å²) >= 11 is 0. The standard InChI is InChI=1S/C21H24O3Si3/c1-16-4-10-19(11-5-16)26-22-25-23-27(24-26,20-12-6-17(2)7-13-20)21-14-8-18(3)9-15-21/h4-15,26H,25H2,1-3H3. The van der Waals surface area contributed by atoms with Crippen LogP contribution in [0.15, 0.2) is 72.8 Å². The number of aryl methyl sites for hydroxylation is 3. The van der Waals surface area contributed by atoms with Crippen LogP contribution in [0.1, 0.15) is 16.7 Å². The smallest absolute Gasteiger partial charge is 0.389 e. The highest BCUT2D eigenvalue weighted by molar-refractivity contribution is 7.00. The Morgan fingerprint density at radius 2 is 1.11 bits per heavy atom. The number of hydrogen-bond donors (Lipinski definition) is 0. The van der Waals surface area contributed by atoms with Gasteiger partial charge in [0.1, 0.15) is 0 Å². The Kier molecular flexibility index (Phi) is 5.27. The van der Waals surface area contributed by atoms with E-state index in [1.807, 2.05) is 0 Å². The van der Waals surface area contributed by atoms with Gasteiger partial charge in [-0.15, -0.1) is 0 Å². The van der Waals surface area contributed by atoms with Crippen molar-refractivity contribution >= 4 is 43.4 Å². The largest absolute Gasteiger partial charge is 0.419 e. The molecule has 0 aliphatic carbocycles. The van der Waals surface area contributed by atoms with Crippen molar-refractivity contribution in [1.29, 1.82) is 0 Å². The molecule has 138 valence electrons. The minimum Gasteiger partial charge on any atom is -0.419 e. The van der Waals surface area contributed by atoms with Crippen LogP contribution >= 0.6 is 0 Å². The zero-order valence-corrected chi connectivity index (χ0v) is 19.5. The lowest BCUT2D eigenvalue weighted by Gasteiger charge is -2.39. The molecule has 6 heteroatoms. The Morgan fingerprint density at radius 1 is 0.667 bits per heavy atom. The topological polar surface area (TPSA) is 27.7 Å². The molecule has 0 radical (unpaired) electrons. The maximum atomic E-state index is 6.82. The summed E-state index contributed by atoms with van der Waals surface area (Å²) in [5.41, 5.74) is 3.73. The molecule has 3 nitrogen and oxygen atoms in total. The third kappa shape index (κ3) is 3.77. The average molecular weight is 409 g/mol. The van der Waals surface area contributed by atoms with Gasteiger partial charge in [-0.2, -0.15) is 0 Å². The lowest BCUT2D eigenvalue weighted by molar-refractivity contribution is 0.306. The van der Waals surface area contributed by atoms with Gasteiger partial charge in [-0.25, -0.2) is 0 Å². The summed E-state index contributed by atoms with van der Waals surface area (Å²) in [4.78, 5) is 0. The van der Waals surface area contributed by atoms with Gasteiger partial charge in [-0.1, -0.05) is 89.5 Å². The van der Waals surface area contributed by atoms with Gasteiger partial charge in [0.15, 0.2) is 0 Å². The fourth-order valence-electron chi connectivity index (χ4n) is 3.30. The van der Waals surface area contributed by atoms with Crippen molar-refractivity contribution in [2.75, 3.05) is 0 Å². The van der Waals surface area contributed by atoms with Crippen LogP contribution in [0, 0.1) is 20.8 Å². The Labute approximate surface area is 166 Å². The van der Waals surface area contributed by atoms with Crippen LogP contribution in [0.2, 0.25) is 0 Å². The molecule has 1 aliphatic rings. The summed E-state index contributed by atoms with van der Waals surface area (Å²) in [5, 5.41) is 3.52. The molecule has 1 aliphatic heterocycles. The van der Waals surface area contributed by atoms with Gasteiger partial charge in [-0.3, -0.25) is 0 Å². The van der Waals surface area contributed by atoms with Crippen molar-refractivity contribution in [3.63, 3.8) is 0 Å². The van der Waals surface area contributed by atoms with Crippen LogP contribution in [-0.4, -0.2) is 27.9 Å². The zero-order valence-electron chi connectivity index (χ0n) is 15.9. The number of hydrogen-bond acceptors (Lipinski definition) is 3. The minimum absolute atomic E-state index is 1.11. The molecule has 0 spiro atoms. The normalized spacial score (nSPS) is 19.9. The van der Waals surface area contributed by atoms with Gasteiger partial charge in [0.05, 0.1) is 0 Å². The molecule has 3 aromatic rings. The summed E-state index contributed by atoms with van der Waals surface area (Å²) in [5.74, 6) is 0. The molecule has 1 heterocycles. The van der Waals surface area contributed by atoms with Crippen molar-refractivity contribution in [2.45, 2.75) is 20.8 Å². The third-order valence-corrected chi connectivity index (χ3v) is 14.1. The second kappa shape index (κ2) is 7.67. The summed E-state index contributed by atoms with van der Waals surface area (Å²) in [6, 6.07) is 25.8. The zero-order chi connectivity index (χ0) is 18.9. The highest BCUT2D eigenvalue weighted by Crippen LogP contribution is 2.17. The van der Waals surface area contributed by atoms with E-state index < -0.39 is 27.9 Å². The highest BCUT2D eigenvalue weighted by atomic mass is 28.5. The molecule has 0 N–H and O–H groups in total. The average Bonchev–Trinajstić information content (AvgIpc) is 2.69. The van der Waals surface area contributed by atoms with Gasteiger partial charge in [-0.05, 0) is 36.3 Å². The Balaban J connectivity index is 1.78. The maximum Gasteiger partial charge on any atom is 0.389 e. The predicted octanol–water partition coefficient (Wildman–Crippen LogP) is 1.36. The van der Waals surface area contributed by atoms with Crippen LogP contribution in [-0.2, 0) is 12.3 Å². The van der Waals surface area contributed by atoms with Crippen LogP contribution in [0.4, 0.5) is 0 Å². The van der Waals surface area contributed by atoms with E-state index in [9.17, 15) is 0 Å². The molecule has 4 rings (SSSR count). The van der Waals surface area contributed by atoms with Crippen molar-refractivity contribution in [3.05, 3.63) is 89.5 Å². The minimum atomic E-state index is -2.74. The highest BCUT2D eigenvalue weighted by Gasteiger charge is 2.48. The molecule has 0 aromatic heterocycles. The first kappa shape index (κ1) is 18.5. The first-order valence-corrected chi connectivity index (χ1v) is 13.7. The molecule has 3 aromatic carbocycles. The molecular formula is C21H24O3Si3. The molecule has 1 unspecified atom stereocenters. The van der Waals surface area contributed by atoms with E-state index in [0.717, 1.165) is 10.4 Å². The van der Waals surface area contributed by atoms with Crippen molar-refractivity contribution in [2.24, 2.45) is 0 Å². The van der Waals surface area contributed by atoms with Crippen molar-refractivity contribution in [3.8, 4) is 0 Å². The second-order valence-corrected chi connectivity index (χ2v) is 14.5. The maximum absolute atomic E-state index is 6.82. The molecule has 0 bridgehead atoms. The fourth-order valence-corrected chi connectivity index (χ4v) is 14.1. The summed E-state index contributed by atoms with van der Waals surface area (Å²) < 4.78 is 19.4. The molecule has 0 saturated carbocycles. The van der Waals surface area contributed by atoms with E-state index in [1.165, 1.54) is 21.9 Å². The van der Waals surface area contributed by atoms with Crippen molar-refractivity contribution in [1.82, 2.24) is 0 Å². The van der Waals surface area contributed by atoms with Gasteiger partial charge >= 0.3 is 17.8 Å². The van der Waals surface area contributed by atoms with Crippen LogP contribution in [0.25, 0.3) is 0 Å². The third-order valence-electron chi connectivity index (χ3n) is 4.97. The lowest BCUT2D eigenvalue weighted by Crippen LogP contribution is -2.70. The number of benzene rings is 3. The second-order valence-electron chi connectivity index (χ2n) is 7.14. The Bertz CT molecular complexity index is 863. The number of rotatable bonds is 3. The van der Waals surface area contributed by atoms with E-state index in [2.05, 4.69) is 93.6 Å². The first-order valence-electron chi connectivity index (χ1n) is 9.21. The SMILES string of the molecule is Cc1ccc([SiH]2O[SiH2]O[Si](c3ccc(C)cc3)(c3ccc(C)cc3)O2)cc1. The Morgan fingerprint density at radius 3 is 1.59 bits per heavy atom. The van der Waals surface area contributed by atoms with E-state index in [0.29, 0.717) is 0 Å². The summed E-state index contributed by atoms with van der Waals surface area (Å²) in [7, 11) is -5.84. The van der Waals surface area contributed by atoms with E-state index >= 15 is 0 Å².